The Morgan fingerprint density at radius 2 is 2.14 bits per heavy atom. The zero-order chi connectivity index (χ0) is 14.8. The molecule has 0 spiro atoms. The second kappa shape index (κ2) is 6.44. The molecule has 0 bridgehead atoms. The van der Waals surface area contributed by atoms with Gasteiger partial charge in [0.25, 0.3) is 5.91 Å². The molecule has 1 aromatic rings. The Kier molecular flexibility index (Phi) is 4.60. The second-order valence-corrected chi connectivity index (χ2v) is 6.93. The van der Waals surface area contributed by atoms with Gasteiger partial charge in [0.1, 0.15) is 5.82 Å². The molecule has 2 fully saturated rings. The molecule has 0 aliphatic carbocycles. The normalized spacial score (nSPS) is 26.1. The monoisotopic (exact) mass is 354 g/mol. The fourth-order valence-electron chi connectivity index (χ4n) is 3.50. The number of nitrogens with one attached hydrogen (secondary N) is 1. The van der Waals surface area contributed by atoms with Crippen molar-refractivity contribution in [3.05, 3.63) is 34.1 Å². The van der Waals surface area contributed by atoms with Gasteiger partial charge in [-0.25, -0.2) is 4.39 Å². The molecule has 3 nitrogen and oxygen atoms in total. The van der Waals surface area contributed by atoms with Gasteiger partial charge in [-0.05, 0) is 56.3 Å². The average Bonchev–Trinajstić information content (AvgIpc) is 3.00. The van der Waals surface area contributed by atoms with Gasteiger partial charge in [0.2, 0.25) is 0 Å². The zero-order valence-electron chi connectivity index (χ0n) is 11.9. The number of carbonyl (C=O) groups is 1. The number of hydrogen-bond donors (Lipinski definition) is 1. The maximum absolute atomic E-state index is 13.5. The first kappa shape index (κ1) is 15.0. The lowest BCUT2D eigenvalue weighted by Gasteiger charge is -2.36. The molecule has 2 heterocycles. The van der Waals surface area contributed by atoms with Gasteiger partial charge in [-0.3, -0.25) is 4.79 Å². The summed E-state index contributed by atoms with van der Waals surface area (Å²) >= 11 is 3.25. The molecule has 5 heteroatoms. The SMILES string of the molecule is O=C(c1cc(F)cc(Br)c1)N1CCCC(C2CCCN2)C1. The molecule has 2 aliphatic rings. The van der Waals surface area contributed by atoms with Crippen LogP contribution in [0.25, 0.3) is 0 Å². The van der Waals surface area contributed by atoms with Crippen LogP contribution in [-0.2, 0) is 0 Å². The first-order valence-corrected chi connectivity index (χ1v) is 8.41. The molecular weight excluding hydrogens is 335 g/mol. The van der Waals surface area contributed by atoms with E-state index < -0.39 is 0 Å². The average molecular weight is 355 g/mol. The highest BCUT2D eigenvalue weighted by Crippen LogP contribution is 2.26. The van der Waals surface area contributed by atoms with Crippen molar-refractivity contribution in [2.45, 2.75) is 31.7 Å². The quantitative estimate of drug-likeness (QED) is 0.884. The fourth-order valence-corrected chi connectivity index (χ4v) is 3.96. The van der Waals surface area contributed by atoms with Gasteiger partial charge in [-0.1, -0.05) is 15.9 Å². The lowest BCUT2D eigenvalue weighted by molar-refractivity contribution is 0.0650. The van der Waals surface area contributed by atoms with Gasteiger partial charge in [-0.2, -0.15) is 0 Å². The Hall–Kier alpha value is -0.940. The maximum Gasteiger partial charge on any atom is 0.254 e. The highest BCUT2D eigenvalue weighted by molar-refractivity contribution is 9.10. The van der Waals surface area contributed by atoms with Crippen molar-refractivity contribution in [3.8, 4) is 0 Å². The predicted molar refractivity (Wildman–Crippen MR) is 83.8 cm³/mol. The number of likely N-dealkylation sites (tertiary alicyclic amines) is 1. The van der Waals surface area contributed by atoms with E-state index in [0.717, 1.165) is 26.1 Å². The van der Waals surface area contributed by atoms with Crippen LogP contribution in [0.3, 0.4) is 0 Å². The molecule has 1 aromatic carbocycles. The third kappa shape index (κ3) is 3.46. The van der Waals surface area contributed by atoms with Gasteiger partial charge in [-0.15, -0.1) is 0 Å². The molecule has 2 atom stereocenters. The fraction of sp³-hybridized carbons (Fsp3) is 0.562. The minimum atomic E-state index is -0.376. The van der Waals surface area contributed by atoms with Crippen LogP contribution in [0.5, 0.6) is 0 Å². The first-order valence-electron chi connectivity index (χ1n) is 7.62. The van der Waals surface area contributed by atoms with Crippen LogP contribution in [0.1, 0.15) is 36.0 Å². The summed E-state index contributed by atoms with van der Waals surface area (Å²) < 4.78 is 14.1. The number of piperidine rings is 1. The summed E-state index contributed by atoms with van der Waals surface area (Å²) in [6, 6.07) is 4.94. The zero-order valence-corrected chi connectivity index (χ0v) is 13.5. The van der Waals surface area contributed by atoms with E-state index in [4.69, 9.17) is 0 Å². The smallest absolute Gasteiger partial charge is 0.254 e. The topological polar surface area (TPSA) is 32.3 Å². The van der Waals surface area contributed by atoms with Gasteiger partial charge in [0, 0.05) is 29.2 Å². The van der Waals surface area contributed by atoms with E-state index in [-0.39, 0.29) is 11.7 Å². The Labute approximate surface area is 133 Å². The van der Waals surface area contributed by atoms with Crippen LogP contribution >= 0.6 is 15.9 Å². The van der Waals surface area contributed by atoms with E-state index >= 15 is 0 Å². The van der Waals surface area contributed by atoms with E-state index in [2.05, 4.69) is 21.2 Å². The highest BCUT2D eigenvalue weighted by Gasteiger charge is 2.31. The number of carbonyl (C=O) groups excluding carboxylic acids is 1. The largest absolute Gasteiger partial charge is 0.338 e. The first-order chi connectivity index (χ1) is 10.1. The van der Waals surface area contributed by atoms with Crippen LogP contribution < -0.4 is 5.32 Å². The number of rotatable bonds is 2. The van der Waals surface area contributed by atoms with Crippen molar-refractivity contribution in [1.29, 1.82) is 0 Å². The maximum atomic E-state index is 13.5. The highest BCUT2D eigenvalue weighted by atomic mass is 79.9. The molecule has 1 amide bonds. The molecule has 0 radical (unpaired) electrons. The molecule has 0 saturated carbocycles. The Balaban J connectivity index is 1.71. The molecule has 21 heavy (non-hydrogen) atoms. The Morgan fingerprint density at radius 1 is 1.29 bits per heavy atom. The molecule has 3 rings (SSSR count). The standard InChI is InChI=1S/C16H20BrFN2O/c17-13-7-12(8-14(18)9-13)16(21)20-6-2-3-11(10-20)15-4-1-5-19-15/h7-9,11,15,19H,1-6,10H2. The van der Waals surface area contributed by atoms with Crippen molar-refractivity contribution >= 4 is 21.8 Å². The molecule has 2 aliphatic heterocycles. The minimum absolute atomic E-state index is 0.0575. The summed E-state index contributed by atoms with van der Waals surface area (Å²) in [7, 11) is 0. The Morgan fingerprint density at radius 3 is 2.86 bits per heavy atom. The predicted octanol–water partition coefficient (Wildman–Crippen LogP) is 3.19. The van der Waals surface area contributed by atoms with Gasteiger partial charge in [0.15, 0.2) is 0 Å². The van der Waals surface area contributed by atoms with E-state index in [1.54, 1.807) is 6.07 Å². The molecule has 2 saturated heterocycles. The van der Waals surface area contributed by atoms with Crippen molar-refractivity contribution in [3.63, 3.8) is 0 Å². The number of halogens is 2. The Bertz CT molecular complexity index is 511. The van der Waals surface area contributed by atoms with Crippen LogP contribution in [0.15, 0.2) is 22.7 Å². The summed E-state index contributed by atoms with van der Waals surface area (Å²) in [5.74, 6) is 0.0961. The third-order valence-electron chi connectivity index (χ3n) is 4.52. The van der Waals surface area contributed by atoms with Crippen LogP contribution in [0.4, 0.5) is 4.39 Å². The lowest BCUT2D eigenvalue weighted by Crippen LogP contribution is -2.45. The van der Waals surface area contributed by atoms with Crippen LogP contribution in [-0.4, -0.2) is 36.5 Å². The van der Waals surface area contributed by atoms with Crippen molar-refractivity contribution in [2.24, 2.45) is 5.92 Å². The van der Waals surface area contributed by atoms with Crippen molar-refractivity contribution in [1.82, 2.24) is 10.2 Å². The molecular formula is C16H20BrFN2O. The molecule has 1 N–H and O–H groups in total. The summed E-state index contributed by atoms with van der Waals surface area (Å²) in [4.78, 5) is 14.5. The molecule has 114 valence electrons. The van der Waals surface area contributed by atoms with E-state index in [9.17, 15) is 9.18 Å². The number of nitrogens with zero attached hydrogens (tertiary/aromatic N) is 1. The van der Waals surface area contributed by atoms with Crippen molar-refractivity contribution < 1.29 is 9.18 Å². The van der Waals surface area contributed by atoms with Gasteiger partial charge >= 0.3 is 0 Å². The summed E-state index contributed by atoms with van der Waals surface area (Å²) in [6.45, 7) is 2.65. The molecule has 2 unspecified atom stereocenters. The van der Waals surface area contributed by atoms with Crippen LogP contribution in [0, 0.1) is 11.7 Å². The van der Waals surface area contributed by atoms with E-state index in [1.807, 2.05) is 4.90 Å². The number of benzene rings is 1. The second-order valence-electron chi connectivity index (χ2n) is 6.01. The van der Waals surface area contributed by atoms with E-state index in [1.165, 1.54) is 31.4 Å². The van der Waals surface area contributed by atoms with Crippen LogP contribution in [0.2, 0.25) is 0 Å². The number of amides is 1. The van der Waals surface area contributed by atoms with Crippen molar-refractivity contribution in [2.75, 3.05) is 19.6 Å². The minimum Gasteiger partial charge on any atom is -0.338 e. The van der Waals surface area contributed by atoms with Gasteiger partial charge in [0.05, 0.1) is 0 Å². The summed E-state index contributed by atoms with van der Waals surface area (Å²) in [6.07, 6.45) is 4.64. The summed E-state index contributed by atoms with van der Waals surface area (Å²) in [5.41, 5.74) is 0.432. The molecule has 0 aromatic heterocycles. The van der Waals surface area contributed by atoms with Gasteiger partial charge < -0.3 is 10.2 Å². The third-order valence-corrected chi connectivity index (χ3v) is 4.98. The summed E-state index contributed by atoms with van der Waals surface area (Å²) in [5, 5.41) is 3.54. The number of hydrogen-bond acceptors (Lipinski definition) is 2. The van der Waals surface area contributed by atoms with E-state index in [0.29, 0.717) is 22.0 Å². The lowest BCUT2D eigenvalue weighted by atomic mass is 9.89.